The number of rotatable bonds is 4. The summed E-state index contributed by atoms with van der Waals surface area (Å²) in [6.45, 7) is 3.26. The van der Waals surface area contributed by atoms with E-state index in [1.807, 2.05) is 30.3 Å². The monoisotopic (exact) mass is 351 g/mol. The van der Waals surface area contributed by atoms with Crippen LogP contribution in [0.1, 0.15) is 36.0 Å². The summed E-state index contributed by atoms with van der Waals surface area (Å²) in [6.07, 6.45) is 0. The smallest absolute Gasteiger partial charge is 0.287 e. The first kappa shape index (κ1) is 17.4. The highest BCUT2D eigenvalue weighted by Crippen LogP contribution is 2.09. The SMILES string of the molecule is CC(C)(O)C#Cc1ccc(C(=O)NCc2nnnn2-c2ccccc2)o1. The molecule has 0 unspecified atom stereocenters. The molecule has 3 rings (SSSR count). The molecule has 2 aromatic heterocycles. The zero-order valence-electron chi connectivity index (χ0n) is 14.3. The van der Waals surface area contributed by atoms with Gasteiger partial charge in [-0.3, -0.25) is 4.79 Å². The van der Waals surface area contributed by atoms with Crippen molar-refractivity contribution < 1.29 is 14.3 Å². The molecule has 3 aromatic rings. The number of amides is 1. The standard InChI is InChI=1S/C18H17N5O3/c1-18(2,25)11-10-14-8-9-15(26-14)17(24)19-12-16-20-21-22-23(16)13-6-4-3-5-7-13/h3-9,25H,12H2,1-2H3,(H,19,24). The number of para-hydroxylation sites is 1. The maximum Gasteiger partial charge on any atom is 0.287 e. The summed E-state index contributed by atoms with van der Waals surface area (Å²) in [7, 11) is 0. The van der Waals surface area contributed by atoms with Gasteiger partial charge in [-0.25, -0.2) is 0 Å². The molecule has 8 nitrogen and oxygen atoms in total. The Bertz CT molecular complexity index is 958. The number of furan rings is 1. The molecule has 8 heteroatoms. The van der Waals surface area contributed by atoms with Crippen LogP contribution in [0.3, 0.4) is 0 Å². The predicted octanol–water partition coefficient (Wildman–Crippen LogP) is 1.31. The molecule has 0 aliphatic heterocycles. The number of nitrogens with one attached hydrogen (secondary N) is 1. The fourth-order valence-corrected chi connectivity index (χ4v) is 2.07. The molecular formula is C18H17N5O3. The molecular weight excluding hydrogens is 334 g/mol. The summed E-state index contributed by atoms with van der Waals surface area (Å²) in [5.74, 6) is 5.78. The summed E-state index contributed by atoms with van der Waals surface area (Å²) >= 11 is 0. The minimum absolute atomic E-state index is 0.115. The van der Waals surface area contributed by atoms with Crippen LogP contribution >= 0.6 is 0 Å². The summed E-state index contributed by atoms with van der Waals surface area (Å²) in [5, 5.41) is 23.8. The van der Waals surface area contributed by atoms with E-state index in [9.17, 15) is 9.90 Å². The Balaban J connectivity index is 1.66. The quantitative estimate of drug-likeness (QED) is 0.687. The van der Waals surface area contributed by atoms with Crippen molar-refractivity contribution in [1.82, 2.24) is 25.5 Å². The highest BCUT2D eigenvalue weighted by Gasteiger charge is 2.14. The van der Waals surface area contributed by atoms with E-state index >= 15 is 0 Å². The largest absolute Gasteiger partial charge is 0.443 e. The second-order valence-corrected chi connectivity index (χ2v) is 6.00. The molecule has 0 spiro atoms. The van der Waals surface area contributed by atoms with Gasteiger partial charge < -0.3 is 14.8 Å². The Labute approximate surface area is 149 Å². The molecule has 0 bridgehead atoms. The number of hydrogen-bond donors (Lipinski definition) is 2. The van der Waals surface area contributed by atoms with E-state index in [0.29, 0.717) is 11.6 Å². The van der Waals surface area contributed by atoms with Crippen LogP contribution in [-0.2, 0) is 6.54 Å². The zero-order chi connectivity index (χ0) is 18.6. The first-order valence-electron chi connectivity index (χ1n) is 7.89. The van der Waals surface area contributed by atoms with E-state index in [-0.39, 0.29) is 12.3 Å². The maximum atomic E-state index is 12.2. The van der Waals surface area contributed by atoms with Crippen molar-refractivity contribution >= 4 is 5.91 Å². The number of aromatic nitrogens is 4. The lowest BCUT2D eigenvalue weighted by molar-refractivity contribution is 0.0921. The third kappa shape index (κ3) is 4.34. The van der Waals surface area contributed by atoms with Gasteiger partial charge in [0.2, 0.25) is 0 Å². The van der Waals surface area contributed by atoms with Crippen LogP contribution in [0.2, 0.25) is 0 Å². The van der Waals surface area contributed by atoms with Gasteiger partial charge in [0.05, 0.1) is 12.2 Å². The molecule has 26 heavy (non-hydrogen) atoms. The van der Waals surface area contributed by atoms with Gasteiger partial charge in [0.15, 0.2) is 17.3 Å². The summed E-state index contributed by atoms with van der Waals surface area (Å²) in [6, 6.07) is 12.5. The van der Waals surface area contributed by atoms with E-state index in [0.717, 1.165) is 5.69 Å². The lowest BCUT2D eigenvalue weighted by Gasteiger charge is -2.05. The van der Waals surface area contributed by atoms with Gasteiger partial charge in [0.25, 0.3) is 5.91 Å². The van der Waals surface area contributed by atoms with Crippen molar-refractivity contribution in [1.29, 1.82) is 0 Å². The highest BCUT2D eigenvalue weighted by atomic mass is 16.3. The lowest BCUT2D eigenvalue weighted by Crippen LogP contribution is -2.24. The number of carbonyl (C=O) groups excluding carboxylic acids is 1. The molecule has 2 heterocycles. The van der Waals surface area contributed by atoms with Crippen LogP contribution in [-0.4, -0.2) is 36.8 Å². The molecule has 0 fully saturated rings. The summed E-state index contributed by atoms with van der Waals surface area (Å²) in [4.78, 5) is 12.2. The Morgan fingerprint density at radius 1 is 1.27 bits per heavy atom. The van der Waals surface area contributed by atoms with E-state index < -0.39 is 11.5 Å². The lowest BCUT2D eigenvalue weighted by atomic mass is 10.1. The highest BCUT2D eigenvalue weighted by molar-refractivity contribution is 5.91. The average Bonchev–Trinajstić information content (AvgIpc) is 3.27. The van der Waals surface area contributed by atoms with Crippen molar-refractivity contribution in [3.8, 4) is 17.5 Å². The predicted molar refractivity (Wildman–Crippen MR) is 92.2 cm³/mol. The Kier molecular flexibility index (Phi) is 4.82. The number of aliphatic hydroxyl groups is 1. The number of tetrazole rings is 1. The first-order valence-corrected chi connectivity index (χ1v) is 7.89. The van der Waals surface area contributed by atoms with Crippen LogP contribution < -0.4 is 5.32 Å². The molecule has 1 aromatic carbocycles. The molecule has 2 N–H and O–H groups in total. The normalized spacial score (nSPS) is 10.9. The van der Waals surface area contributed by atoms with Gasteiger partial charge in [-0.2, -0.15) is 4.68 Å². The average molecular weight is 351 g/mol. The Morgan fingerprint density at radius 2 is 2.04 bits per heavy atom. The van der Waals surface area contributed by atoms with Crippen molar-refractivity contribution in [2.75, 3.05) is 0 Å². The van der Waals surface area contributed by atoms with Gasteiger partial charge >= 0.3 is 0 Å². The molecule has 132 valence electrons. The first-order chi connectivity index (χ1) is 12.4. The van der Waals surface area contributed by atoms with E-state index in [2.05, 4.69) is 32.7 Å². The molecule has 0 aliphatic carbocycles. The number of hydrogen-bond acceptors (Lipinski definition) is 6. The van der Waals surface area contributed by atoms with Crippen LogP contribution in [0.15, 0.2) is 46.9 Å². The van der Waals surface area contributed by atoms with E-state index in [1.165, 1.54) is 6.07 Å². The molecule has 0 saturated carbocycles. The number of nitrogens with zero attached hydrogens (tertiary/aromatic N) is 4. The van der Waals surface area contributed by atoms with E-state index in [1.54, 1.807) is 24.6 Å². The second kappa shape index (κ2) is 7.21. The van der Waals surface area contributed by atoms with Crippen molar-refractivity contribution in [2.45, 2.75) is 26.0 Å². The third-order valence-electron chi connectivity index (χ3n) is 3.26. The topological polar surface area (TPSA) is 106 Å². The Hall–Kier alpha value is -3.44. The van der Waals surface area contributed by atoms with Gasteiger partial charge in [-0.1, -0.05) is 24.1 Å². The van der Waals surface area contributed by atoms with Crippen molar-refractivity contribution in [2.24, 2.45) is 0 Å². The van der Waals surface area contributed by atoms with Crippen LogP contribution in [0.4, 0.5) is 0 Å². The van der Waals surface area contributed by atoms with Crippen molar-refractivity contribution in [3.05, 3.63) is 59.8 Å². The zero-order valence-corrected chi connectivity index (χ0v) is 14.3. The minimum Gasteiger partial charge on any atom is -0.443 e. The maximum absolute atomic E-state index is 12.2. The van der Waals surface area contributed by atoms with Gasteiger partial charge in [0.1, 0.15) is 5.60 Å². The fourth-order valence-electron chi connectivity index (χ4n) is 2.07. The summed E-state index contributed by atoms with van der Waals surface area (Å²) in [5.41, 5.74) is -0.340. The van der Waals surface area contributed by atoms with Gasteiger partial charge in [-0.15, -0.1) is 5.10 Å². The molecule has 1 amide bonds. The van der Waals surface area contributed by atoms with Gasteiger partial charge in [0, 0.05) is 0 Å². The Morgan fingerprint density at radius 3 is 2.77 bits per heavy atom. The fraction of sp³-hybridized carbons (Fsp3) is 0.222. The van der Waals surface area contributed by atoms with Gasteiger partial charge in [-0.05, 0) is 54.5 Å². The van der Waals surface area contributed by atoms with E-state index in [4.69, 9.17) is 4.42 Å². The number of carbonyl (C=O) groups is 1. The minimum atomic E-state index is -1.14. The van der Waals surface area contributed by atoms with Crippen LogP contribution in [0.5, 0.6) is 0 Å². The second-order valence-electron chi connectivity index (χ2n) is 6.00. The molecule has 0 saturated heterocycles. The molecule has 0 atom stereocenters. The number of benzene rings is 1. The van der Waals surface area contributed by atoms with Crippen LogP contribution in [0.25, 0.3) is 5.69 Å². The van der Waals surface area contributed by atoms with Crippen molar-refractivity contribution in [3.63, 3.8) is 0 Å². The van der Waals surface area contributed by atoms with Crippen LogP contribution in [0, 0.1) is 11.8 Å². The summed E-state index contributed by atoms with van der Waals surface area (Å²) < 4.78 is 6.91. The third-order valence-corrected chi connectivity index (χ3v) is 3.26. The molecule has 0 radical (unpaired) electrons. The molecule has 0 aliphatic rings.